The number of aromatic nitrogens is 1. The molecule has 2 aliphatic rings. The van der Waals surface area contributed by atoms with Crippen LogP contribution in [0.1, 0.15) is 31.2 Å². The Balaban J connectivity index is 1.82. The molecule has 0 spiro atoms. The summed E-state index contributed by atoms with van der Waals surface area (Å²) in [4.78, 5) is 4.07. The van der Waals surface area contributed by atoms with Crippen molar-refractivity contribution in [3.05, 3.63) is 17.7 Å². The zero-order chi connectivity index (χ0) is 14.3. The molecule has 3 atom stereocenters. The number of hydrogen-bond acceptors (Lipinski definition) is 4. The molecular weight excluding hydrogens is 269 g/mol. The van der Waals surface area contributed by atoms with Gasteiger partial charge in [0.1, 0.15) is 11.6 Å². The number of nitrogens with two attached hydrogens (primary N) is 1. The quantitative estimate of drug-likeness (QED) is 0.590. The zero-order valence-electron chi connectivity index (χ0n) is 10.9. The Kier molecular flexibility index (Phi) is 3.24. The molecule has 7 heteroatoms. The van der Waals surface area contributed by atoms with Crippen molar-refractivity contribution < 1.29 is 13.2 Å². The Hall–Kier alpha value is -1.50. The Bertz CT molecular complexity index is 503. The molecule has 20 heavy (non-hydrogen) atoms. The van der Waals surface area contributed by atoms with Crippen LogP contribution in [0.15, 0.2) is 12.1 Å². The van der Waals surface area contributed by atoms with Crippen LogP contribution in [0.4, 0.5) is 24.8 Å². The number of hydrazine groups is 1. The fraction of sp³-hybridized carbons (Fsp3) is 0.615. The number of halogens is 3. The summed E-state index contributed by atoms with van der Waals surface area (Å²) >= 11 is 0. The van der Waals surface area contributed by atoms with Crippen molar-refractivity contribution in [2.24, 2.45) is 17.7 Å². The average molecular weight is 286 g/mol. The Morgan fingerprint density at radius 2 is 1.90 bits per heavy atom. The summed E-state index contributed by atoms with van der Waals surface area (Å²) < 4.78 is 38.5. The molecule has 0 radical (unpaired) electrons. The van der Waals surface area contributed by atoms with Gasteiger partial charge in [-0.2, -0.15) is 13.2 Å². The van der Waals surface area contributed by atoms with Crippen molar-refractivity contribution in [2.75, 3.05) is 10.7 Å². The van der Waals surface area contributed by atoms with E-state index in [0.717, 1.165) is 30.9 Å². The molecule has 110 valence electrons. The van der Waals surface area contributed by atoms with E-state index in [-0.39, 0.29) is 17.7 Å². The molecule has 4 N–H and O–H groups in total. The van der Waals surface area contributed by atoms with E-state index in [1.807, 2.05) is 0 Å². The molecular formula is C13H17F3N4. The van der Waals surface area contributed by atoms with Gasteiger partial charge in [-0.3, -0.25) is 0 Å². The first-order valence-corrected chi connectivity index (χ1v) is 6.78. The van der Waals surface area contributed by atoms with E-state index in [9.17, 15) is 13.2 Å². The van der Waals surface area contributed by atoms with Gasteiger partial charge in [0.05, 0.1) is 5.56 Å². The van der Waals surface area contributed by atoms with Crippen molar-refractivity contribution in [3.8, 4) is 0 Å². The molecule has 3 rings (SSSR count). The summed E-state index contributed by atoms with van der Waals surface area (Å²) in [6.45, 7) is 0. The normalized spacial score (nSPS) is 28.7. The Labute approximate surface area is 114 Å². The van der Waals surface area contributed by atoms with Crippen LogP contribution in [0.5, 0.6) is 0 Å². The molecule has 1 heterocycles. The maximum absolute atomic E-state index is 12.8. The number of pyridine rings is 1. The van der Waals surface area contributed by atoms with E-state index in [1.54, 1.807) is 0 Å². The zero-order valence-corrected chi connectivity index (χ0v) is 10.9. The van der Waals surface area contributed by atoms with E-state index >= 15 is 0 Å². The van der Waals surface area contributed by atoms with Gasteiger partial charge in [-0.1, -0.05) is 6.42 Å². The summed E-state index contributed by atoms with van der Waals surface area (Å²) in [5.41, 5.74) is 1.44. The summed E-state index contributed by atoms with van der Waals surface area (Å²) in [5.74, 6) is 6.73. The number of nitrogen functional groups attached to an aromatic ring is 1. The van der Waals surface area contributed by atoms with E-state index in [1.165, 1.54) is 12.8 Å². The average Bonchev–Trinajstić information content (AvgIpc) is 2.99. The molecule has 2 aliphatic carbocycles. The van der Waals surface area contributed by atoms with Gasteiger partial charge in [0.25, 0.3) is 0 Å². The summed E-state index contributed by atoms with van der Waals surface area (Å²) in [7, 11) is 0. The monoisotopic (exact) mass is 286 g/mol. The van der Waals surface area contributed by atoms with Crippen LogP contribution in [0.3, 0.4) is 0 Å². The van der Waals surface area contributed by atoms with Crippen LogP contribution in [0.2, 0.25) is 0 Å². The van der Waals surface area contributed by atoms with Crippen LogP contribution in [-0.2, 0) is 6.18 Å². The first-order chi connectivity index (χ1) is 9.45. The highest BCUT2D eigenvalue weighted by Crippen LogP contribution is 2.45. The molecule has 2 bridgehead atoms. The number of rotatable bonds is 3. The highest BCUT2D eigenvalue weighted by Gasteiger charge is 2.40. The molecule has 2 fully saturated rings. The van der Waals surface area contributed by atoms with Gasteiger partial charge < -0.3 is 10.7 Å². The summed E-state index contributed by atoms with van der Waals surface area (Å²) in [6, 6.07) is 2.19. The highest BCUT2D eigenvalue weighted by molar-refractivity contribution is 5.50. The van der Waals surface area contributed by atoms with E-state index < -0.39 is 11.7 Å². The predicted molar refractivity (Wildman–Crippen MR) is 69.9 cm³/mol. The van der Waals surface area contributed by atoms with Crippen molar-refractivity contribution in [2.45, 2.75) is 37.9 Å². The number of alkyl halides is 3. The minimum atomic E-state index is -4.40. The molecule has 3 unspecified atom stereocenters. The van der Waals surface area contributed by atoms with E-state index in [4.69, 9.17) is 5.84 Å². The van der Waals surface area contributed by atoms with Crippen molar-refractivity contribution >= 4 is 11.6 Å². The second kappa shape index (κ2) is 4.80. The molecule has 0 aliphatic heterocycles. The highest BCUT2D eigenvalue weighted by atomic mass is 19.4. The molecule has 1 aromatic rings. The number of hydrogen-bond donors (Lipinski definition) is 3. The lowest BCUT2D eigenvalue weighted by Gasteiger charge is -2.24. The summed E-state index contributed by atoms with van der Waals surface area (Å²) in [5, 5.41) is 3.15. The first kappa shape index (κ1) is 13.5. The number of anilines is 2. The Morgan fingerprint density at radius 3 is 2.45 bits per heavy atom. The van der Waals surface area contributed by atoms with Crippen LogP contribution >= 0.6 is 0 Å². The van der Waals surface area contributed by atoms with E-state index in [0.29, 0.717) is 5.92 Å². The summed E-state index contributed by atoms with van der Waals surface area (Å²) in [6.07, 6.45) is 0.198. The van der Waals surface area contributed by atoms with Crippen molar-refractivity contribution in [3.63, 3.8) is 0 Å². The molecule has 2 saturated carbocycles. The van der Waals surface area contributed by atoms with Gasteiger partial charge in [-0.15, -0.1) is 0 Å². The van der Waals surface area contributed by atoms with Gasteiger partial charge in [-0.05, 0) is 43.2 Å². The van der Waals surface area contributed by atoms with Crippen LogP contribution < -0.4 is 16.6 Å². The fourth-order valence-electron chi connectivity index (χ4n) is 3.45. The topological polar surface area (TPSA) is 63.0 Å². The van der Waals surface area contributed by atoms with Gasteiger partial charge in [0, 0.05) is 6.04 Å². The van der Waals surface area contributed by atoms with Crippen molar-refractivity contribution in [1.82, 2.24) is 4.98 Å². The fourth-order valence-corrected chi connectivity index (χ4v) is 3.45. The van der Waals surface area contributed by atoms with Crippen molar-refractivity contribution in [1.29, 1.82) is 0 Å². The van der Waals surface area contributed by atoms with Crippen LogP contribution in [-0.4, -0.2) is 11.0 Å². The second-order valence-electron chi connectivity index (χ2n) is 5.69. The predicted octanol–water partition coefficient (Wildman–Crippen LogP) is 2.99. The largest absolute Gasteiger partial charge is 0.416 e. The third-order valence-electron chi connectivity index (χ3n) is 4.37. The SMILES string of the molecule is NNc1cc(C(F)(F)F)cc(NC2CC3CCC2C3)n1. The third kappa shape index (κ3) is 2.54. The molecule has 0 amide bonds. The minimum absolute atomic E-state index is 0.0190. The van der Waals surface area contributed by atoms with Gasteiger partial charge >= 0.3 is 6.18 Å². The minimum Gasteiger partial charge on any atom is -0.367 e. The molecule has 4 nitrogen and oxygen atoms in total. The lowest BCUT2D eigenvalue weighted by Crippen LogP contribution is -2.27. The van der Waals surface area contributed by atoms with Gasteiger partial charge in [-0.25, -0.2) is 10.8 Å². The van der Waals surface area contributed by atoms with Crippen LogP contribution in [0.25, 0.3) is 0 Å². The van der Waals surface area contributed by atoms with Gasteiger partial charge in [0.2, 0.25) is 0 Å². The second-order valence-corrected chi connectivity index (χ2v) is 5.69. The lowest BCUT2D eigenvalue weighted by molar-refractivity contribution is -0.137. The third-order valence-corrected chi connectivity index (χ3v) is 4.37. The number of nitrogens with one attached hydrogen (secondary N) is 2. The smallest absolute Gasteiger partial charge is 0.367 e. The van der Waals surface area contributed by atoms with E-state index in [2.05, 4.69) is 15.7 Å². The Morgan fingerprint density at radius 1 is 1.15 bits per heavy atom. The lowest BCUT2D eigenvalue weighted by atomic mass is 9.95. The number of nitrogens with zero attached hydrogens (tertiary/aromatic N) is 1. The number of fused-ring (bicyclic) bond motifs is 2. The molecule has 1 aromatic heterocycles. The first-order valence-electron chi connectivity index (χ1n) is 6.78. The maximum atomic E-state index is 12.8. The maximum Gasteiger partial charge on any atom is 0.416 e. The molecule has 0 saturated heterocycles. The standard InChI is InChI=1S/C13H17F3N4/c14-13(15,16)9-5-11(19-12(6-9)20-17)18-10-4-7-1-2-8(10)3-7/h5-8,10H,1-4,17H2,(H2,18,19,20). The molecule has 0 aromatic carbocycles. The van der Waals surface area contributed by atoms with Crippen LogP contribution in [0, 0.1) is 11.8 Å². The van der Waals surface area contributed by atoms with Gasteiger partial charge in [0.15, 0.2) is 0 Å².